The van der Waals surface area contributed by atoms with E-state index in [2.05, 4.69) is 20.9 Å². The largest absolute Gasteiger partial charge is 0.379 e. The third-order valence-corrected chi connectivity index (χ3v) is 3.46. The van der Waals surface area contributed by atoms with Crippen LogP contribution in [-0.4, -0.2) is 64.5 Å². The Morgan fingerprint density at radius 1 is 1.22 bits per heavy atom. The average Bonchev–Trinajstić information content (AvgIpc) is 3.01. The van der Waals surface area contributed by atoms with E-state index < -0.39 is 0 Å². The van der Waals surface area contributed by atoms with Crippen molar-refractivity contribution in [1.29, 1.82) is 0 Å². The van der Waals surface area contributed by atoms with Crippen LogP contribution in [-0.2, 0) is 14.3 Å². The standard InChI is InChI=1S/C16H32N4O3/c1-16(2,3)14(21)18-8-9-20-15(17-4)19-7-5-10-23-13-6-11-22-12-13/h13H,5-12H2,1-4H3,(H,18,21)(H2,17,19,20). The maximum absolute atomic E-state index is 11.7. The second-order valence-corrected chi connectivity index (χ2v) is 6.64. The summed E-state index contributed by atoms with van der Waals surface area (Å²) in [5.74, 6) is 0.787. The zero-order chi connectivity index (χ0) is 17.1. The van der Waals surface area contributed by atoms with Gasteiger partial charge in [0.05, 0.1) is 12.7 Å². The molecule has 0 saturated carbocycles. The zero-order valence-electron chi connectivity index (χ0n) is 14.9. The number of ether oxygens (including phenoxy) is 2. The monoisotopic (exact) mass is 328 g/mol. The summed E-state index contributed by atoms with van der Waals surface area (Å²) in [6, 6.07) is 0. The first-order chi connectivity index (χ1) is 10.9. The van der Waals surface area contributed by atoms with Crippen molar-refractivity contribution >= 4 is 11.9 Å². The lowest BCUT2D eigenvalue weighted by molar-refractivity contribution is -0.128. The molecule has 1 saturated heterocycles. The van der Waals surface area contributed by atoms with Gasteiger partial charge in [0.2, 0.25) is 5.91 Å². The Balaban J connectivity index is 2.02. The molecule has 134 valence electrons. The first kappa shape index (κ1) is 19.7. The molecule has 1 heterocycles. The fraction of sp³-hybridized carbons (Fsp3) is 0.875. The Morgan fingerprint density at radius 2 is 1.91 bits per heavy atom. The lowest BCUT2D eigenvalue weighted by Gasteiger charge is -2.18. The minimum atomic E-state index is -0.357. The summed E-state index contributed by atoms with van der Waals surface area (Å²) in [5.41, 5.74) is -0.357. The van der Waals surface area contributed by atoms with Crippen molar-refractivity contribution in [1.82, 2.24) is 16.0 Å². The van der Waals surface area contributed by atoms with Crippen LogP contribution in [0.3, 0.4) is 0 Å². The van der Waals surface area contributed by atoms with Gasteiger partial charge in [0.15, 0.2) is 5.96 Å². The van der Waals surface area contributed by atoms with Gasteiger partial charge in [-0.25, -0.2) is 0 Å². The van der Waals surface area contributed by atoms with Gasteiger partial charge >= 0.3 is 0 Å². The Bertz CT molecular complexity index is 374. The molecule has 0 spiro atoms. The van der Waals surface area contributed by atoms with E-state index >= 15 is 0 Å². The van der Waals surface area contributed by atoms with E-state index in [1.54, 1.807) is 7.05 Å². The molecule has 0 radical (unpaired) electrons. The van der Waals surface area contributed by atoms with Crippen LogP contribution >= 0.6 is 0 Å². The molecule has 1 atom stereocenters. The van der Waals surface area contributed by atoms with Crippen molar-refractivity contribution in [3.05, 3.63) is 0 Å². The van der Waals surface area contributed by atoms with Crippen molar-refractivity contribution < 1.29 is 14.3 Å². The summed E-state index contributed by atoms with van der Waals surface area (Å²) >= 11 is 0. The predicted molar refractivity (Wildman–Crippen MR) is 91.6 cm³/mol. The number of aliphatic imine (C=N–C) groups is 1. The number of guanidine groups is 1. The van der Waals surface area contributed by atoms with Crippen molar-refractivity contribution in [2.75, 3.05) is 46.5 Å². The fourth-order valence-corrected chi connectivity index (χ4v) is 2.02. The highest BCUT2D eigenvalue weighted by molar-refractivity contribution is 5.81. The Kier molecular flexibility index (Phi) is 8.94. The van der Waals surface area contributed by atoms with E-state index in [1.807, 2.05) is 20.8 Å². The van der Waals surface area contributed by atoms with E-state index in [0.29, 0.717) is 13.1 Å². The molecule has 0 aliphatic carbocycles. The molecular formula is C16H32N4O3. The second-order valence-electron chi connectivity index (χ2n) is 6.64. The van der Waals surface area contributed by atoms with Crippen LogP contribution in [0.15, 0.2) is 4.99 Å². The van der Waals surface area contributed by atoms with E-state index in [9.17, 15) is 4.79 Å². The molecule has 23 heavy (non-hydrogen) atoms. The van der Waals surface area contributed by atoms with Crippen LogP contribution in [0.4, 0.5) is 0 Å². The van der Waals surface area contributed by atoms with Gasteiger partial charge in [0, 0.05) is 45.3 Å². The zero-order valence-corrected chi connectivity index (χ0v) is 14.9. The summed E-state index contributed by atoms with van der Waals surface area (Å²) in [6.45, 7) is 9.95. The first-order valence-corrected chi connectivity index (χ1v) is 8.35. The number of hydrogen-bond donors (Lipinski definition) is 3. The quantitative estimate of drug-likeness (QED) is 0.343. The van der Waals surface area contributed by atoms with Crippen molar-refractivity contribution in [2.45, 2.75) is 39.7 Å². The predicted octanol–water partition coefficient (Wildman–Crippen LogP) is 0.509. The highest BCUT2D eigenvalue weighted by Gasteiger charge is 2.20. The topological polar surface area (TPSA) is 84.0 Å². The van der Waals surface area contributed by atoms with E-state index in [-0.39, 0.29) is 17.4 Å². The van der Waals surface area contributed by atoms with Crippen LogP contribution in [0.5, 0.6) is 0 Å². The number of nitrogens with one attached hydrogen (secondary N) is 3. The van der Waals surface area contributed by atoms with E-state index in [4.69, 9.17) is 9.47 Å². The number of nitrogens with zero attached hydrogens (tertiary/aromatic N) is 1. The molecule has 7 nitrogen and oxygen atoms in total. The van der Waals surface area contributed by atoms with Gasteiger partial charge < -0.3 is 25.4 Å². The number of carbonyl (C=O) groups excluding carboxylic acids is 1. The van der Waals surface area contributed by atoms with Crippen molar-refractivity contribution in [2.24, 2.45) is 10.4 Å². The third kappa shape index (κ3) is 8.76. The van der Waals surface area contributed by atoms with Crippen LogP contribution in [0.25, 0.3) is 0 Å². The highest BCUT2D eigenvalue weighted by Crippen LogP contribution is 2.11. The van der Waals surface area contributed by atoms with Gasteiger partial charge in [-0.05, 0) is 12.8 Å². The summed E-state index contributed by atoms with van der Waals surface area (Å²) in [4.78, 5) is 15.9. The molecule has 0 aromatic carbocycles. The van der Waals surface area contributed by atoms with Gasteiger partial charge in [0.25, 0.3) is 0 Å². The van der Waals surface area contributed by atoms with Gasteiger partial charge in [0.1, 0.15) is 0 Å². The van der Waals surface area contributed by atoms with E-state index in [1.165, 1.54) is 0 Å². The Hall–Kier alpha value is -1.34. The van der Waals surface area contributed by atoms with Gasteiger partial charge in [-0.2, -0.15) is 0 Å². The van der Waals surface area contributed by atoms with Crippen LogP contribution < -0.4 is 16.0 Å². The lowest BCUT2D eigenvalue weighted by atomic mass is 9.96. The molecule has 0 aromatic heterocycles. The Morgan fingerprint density at radius 3 is 2.52 bits per heavy atom. The van der Waals surface area contributed by atoms with Gasteiger partial charge in [-0.1, -0.05) is 20.8 Å². The minimum absolute atomic E-state index is 0.0512. The lowest BCUT2D eigenvalue weighted by Crippen LogP contribution is -2.43. The smallest absolute Gasteiger partial charge is 0.225 e. The number of hydrogen-bond acceptors (Lipinski definition) is 4. The van der Waals surface area contributed by atoms with Crippen molar-refractivity contribution in [3.8, 4) is 0 Å². The van der Waals surface area contributed by atoms with Crippen molar-refractivity contribution in [3.63, 3.8) is 0 Å². The SMILES string of the molecule is CN=C(NCCCOC1CCOC1)NCCNC(=O)C(C)(C)C. The molecule has 1 fully saturated rings. The maximum Gasteiger partial charge on any atom is 0.225 e. The normalized spacial score (nSPS) is 18.8. The third-order valence-electron chi connectivity index (χ3n) is 3.46. The Labute approximate surface area is 139 Å². The highest BCUT2D eigenvalue weighted by atomic mass is 16.5. The van der Waals surface area contributed by atoms with E-state index in [0.717, 1.165) is 45.2 Å². The number of amides is 1. The minimum Gasteiger partial charge on any atom is -0.379 e. The first-order valence-electron chi connectivity index (χ1n) is 8.35. The van der Waals surface area contributed by atoms with Gasteiger partial charge in [-0.3, -0.25) is 9.79 Å². The molecule has 1 aliphatic heterocycles. The summed E-state index contributed by atoms with van der Waals surface area (Å²) in [7, 11) is 1.73. The second kappa shape index (κ2) is 10.4. The molecule has 1 unspecified atom stereocenters. The van der Waals surface area contributed by atoms with Gasteiger partial charge in [-0.15, -0.1) is 0 Å². The molecule has 1 rings (SSSR count). The van der Waals surface area contributed by atoms with Crippen LogP contribution in [0, 0.1) is 5.41 Å². The molecule has 0 aromatic rings. The number of carbonyl (C=O) groups is 1. The summed E-state index contributed by atoms with van der Waals surface area (Å²) in [5, 5.41) is 9.29. The number of rotatable bonds is 8. The molecule has 1 amide bonds. The summed E-state index contributed by atoms with van der Waals surface area (Å²) < 4.78 is 11.0. The molecule has 3 N–H and O–H groups in total. The average molecular weight is 328 g/mol. The fourth-order valence-electron chi connectivity index (χ4n) is 2.02. The molecule has 7 heteroatoms. The molecule has 1 aliphatic rings. The summed E-state index contributed by atoms with van der Waals surface area (Å²) in [6.07, 6.45) is 2.17. The van der Waals surface area contributed by atoms with Crippen LogP contribution in [0.2, 0.25) is 0 Å². The molecule has 0 bridgehead atoms. The van der Waals surface area contributed by atoms with Crippen LogP contribution in [0.1, 0.15) is 33.6 Å². The molecular weight excluding hydrogens is 296 g/mol. The maximum atomic E-state index is 11.7.